The molecule has 0 bridgehead atoms. The highest BCUT2D eigenvalue weighted by atomic mass is 16.3. The van der Waals surface area contributed by atoms with Crippen molar-refractivity contribution in [2.24, 2.45) is 5.73 Å². The van der Waals surface area contributed by atoms with E-state index in [0.29, 0.717) is 6.54 Å². The van der Waals surface area contributed by atoms with Crippen LogP contribution in [0.5, 0.6) is 0 Å². The highest BCUT2D eigenvalue weighted by Crippen LogP contribution is 2.23. The number of rotatable bonds is 7. The lowest BCUT2D eigenvalue weighted by atomic mass is 10.00. The quantitative estimate of drug-likeness (QED) is 0.721. The van der Waals surface area contributed by atoms with Gasteiger partial charge in [0.05, 0.1) is 0 Å². The van der Waals surface area contributed by atoms with E-state index >= 15 is 0 Å². The first kappa shape index (κ1) is 14.9. The van der Waals surface area contributed by atoms with Gasteiger partial charge in [-0.3, -0.25) is 4.98 Å². The summed E-state index contributed by atoms with van der Waals surface area (Å²) >= 11 is 0. The van der Waals surface area contributed by atoms with Gasteiger partial charge in [-0.05, 0) is 23.8 Å². The number of hydrogen-bond acceptors (Lipinski definition) is 4. The summed E-state index contributed by atoms with van der Waals surface area (Å²) in [7, 11) is 0. The normalized spacial score (nSPS) is 14.3. The highest BCUT2D eigenvalue weighted by Gasteiger charge is 2.16. The number of fused-ring (bicyclic) bond motifs is 1. The summed E-state index contributed by atoms with van der Waals surface area (Å²) in [4.78, 5) is 4.32. The van der Waals surface area contributed by atoms with Crippen LogP contribution in [0.4, 0.5) is 0 Å². The van der Waals surface area contributed by atoms with Gasteiger partial charge in [-0.1, -0.05) is 31.2 Å². The molecule has 108 valence electrons. The van der Waals surface area contributed by atoms with Crippen LogP contribution in [0, 0.1) is 0 Å². The molecular formula is C16H23N3O. The number of nitrogens with two attached hydrogens (primary N) is 1. The Labute approximate surface area is 120 Å². The lowest BCUT2D eigenvalue weighted by Gasteiger charge is -2.24. The van der Waals surface area contributed by atoms with Gasteiger partial charge in [0.1, 0.15) is 0 Å². The predicted octanol–water partition coefficient (Wildman–Crippen LogP) is 1.99. The minimum atomic E-state index is 0.0603. The molecule has 0 amide bonds. The number of hydrogen-bond donors (Lipinski definition) is 3. The summed E-state index contributed by atoms with van der Waals surface area (Å²) < 4.78 is 0. The SMILES string of the molecule is CCC(CCO)NC(CN)c1cncc2ccccc12. The van der Waals surface area contributed by atoms with E-state index in [9.17, 15) is 0 Å². The molecule has 2 atom stereocenters. The second-order valence-corrected chi connectivity index (χ2v) is 5.02. The van der Waals surface area contributed by atoms with Crippen LogP contribution < -0.4 is 11.1 Å². The minimum absolute atomic E-state index is 0.0603. The first-order valence-electron chi connectivity index (χ1n) is 7.19. The van der Waals surface area contributed by atoms with E-state index in [0.717, 1.165) is 23.8 Å². The Balaban J connectivity index is 2.29. The van der Waals surface area contributed by atoms with Crippen LogP contribution in [-0.4, -0.2) is 29.3 Å². The fourth-order valence-electron chi connectivity index (χ4n) is 2.55. The molecule has 0 aliphatic carbocycles. The molecule has 0 aliphatic rings. The van der Waals surface area contributed by atoms with Crippen molar-refractivity contribution in [3.8, 4) is 0 Å². The van der Waals surface area contributed by atoms with Gasteiger partial charge in [0.2, 0.25) is 0 Å². The molecule has 0 aliphatic heterocycles. The molecule has 2 aromatic rings. The Hall–Kier alpha value is -1.49. The second-order valence-electron chi connectivity index (χ2n) is 5.02. The molecule has 0 spiro atoms. The van der Waals surface area contributed by atoms with Crippen LogP contribution in [0.15, 0.2) is 36.7 Å². The lowest BCUT2D eigenvalue weighted by molar-refractivity contribution is 0.256. The molecule has 0 fully saturated rings. The Morgan fingerprint density at radius 3 is 2.80 bits per heavy atom. The van der Waals surface area contributed by atoms with Crippen molar-refractivity contribution in [1.29, 1.82) is 0 Å². The third-order valence-corrected chi connectivity index (χ3v) is 3.72. The first-order valence-corrected chi connectivity index (χ1v) is 7.19. The number of nitrogens with zero attached hydrogens (tertiary/aromatic N) is 1. The van der Waals surface area contributed by atoms with Crippen molar-refractivity contribution in [3.05, 3.63) is 42.2 Å². The van der Waals surface area contributed by atoms with Gasteiger partial charge in [-0.25, -0.2) is 0 Å². The van der Waals surface area contributed by atoms with E-state index in [4.69, 9.17) is 10.8 Å². The third-order valence-electron chi connectivity index (χ3n) is 3.72. The Morgan fingerprint density at radius 2 is 2.10 bits per heavy atom. The fourth-order valence-corrected chi connectivity index (χ4v) is 2.55. The topological polar surface area (TPSA) is 71.2 Å². The van der Waals surface area contributed by atoms with Crippen molar-refractivity contribution in [1.82, 2.24) is 10.3 Å². The predicted molar refractivity (Wildman–Crippen MR) is 82.5 cm³/mol. The van der Waals surface area contributed by atoms with Gasteiger partial charge in [-0.2, -0.15) is 0 Å². The van der Waals surface area contributed by atoms with Crippen LogP contribution in [0.25, 0.3) is 10.8 Å². The third kappa shape index (κ3) is 3.33. The van der Waals surface area contributed by atoms with Crippen LogP contribution in [0.2, 0.25) is 0 Å². The number of pyridine rings is 1. The van der Waals surface area contributed by atoms with Gasteiger partial charge < -0.3 is 16.2 Å². The summed E-state index contributed by atoms with van der Waals surface area (Å²) in [6.07, 6.45) is 5.47. The number of nitrogens with one attached hydrogen (secondary N) is 1. The van der Waals surface area contributed by atoms with Gasteiger partial charge in [-0.15, -0.1) is 0 Å². The summed E-state index contributed by atoms with van der Waals surface area (Å²) in [5, 5.41) is 15.0. The minimum Gasteiger partial charge on any atom is -0.396 e. The van der Waals surface area contributed by atoms with E-state index in [1.165, 1.54) is 5.39 Å². The summed E-state index contributed by atoms with van der Waals surface area (Å²) in [5.41, 5.74) is 7.07. The maximum absolute atomic E-state index is 9.11. The number of aliphatic hydroxyl groups is 1. The second kappa shape index (κ2) is 7.33. The zero-order valence-corrected chi connectivity index (χ0v) is 11.9. The van der Waals surface area contributed by atoms with Crippen LogP contribution >= 0.6 is 0 Å². The van der Waals surface area contributed by atoms with Crippen LogP contribution in [0.3, 0.4) is 0 Å². The highest BCUT2D eigenvalue weighted by molar-refractivity contribution is 5.85. The largest absolute Gasteiger partial charge is 0.396 e. The Bertz CT molecular complexity index is 539. The molecule has 0 radical (unpaired) electrons. The fraction of sp³-hybridized carbons (Fsp3) is 0.438. The zero-order valence-electron chi connectivity index (χ0n) is 11.9. The Morgan fingerprint density at radius 1 is 1.30 bits per heavy atom. The van der Waals surface area contributed by atoms with Gasteiger partial charge in [0.25, 0.3) is 0 Å². The summed E-state index contributed by atoms with van der Waals surface area (Å²) in [6, 6.07) is 8.54. The van der Waals surface area contributed by atoms with Crippen molar-refractivity contribution >= 4 is 10.8 Å². The number of aromatic nitrogens is 1. The van der Waals surface area contributed by atoms with Gasteiger partial charge in [0.15, 0.2) is 0 Å². The van der Waals surface area contributed by atoms with E-state index < -0.39 is 0 Å². The molecule has 1 aromatic heterocycles. The first-order chi connectivity index (χ1) is 9.80. The molecular weight excluding hydrogens is 250 g/mol. The average molecular weight is 273 g/mol. The van der Waals surface area contributed by atoms with Gasteiger partial charge >= 0.3 is 0 Å². The van der Waals surface area contributed by atoms with Crippen molar-refractivity contribution < 1.29 is 5.11 Å². The maximum atomic E-state index is 9.11. The maximum Gasteiger partial charge on any atom is 0.0468 e. The molecule has 0 saturated carbocycles. The van der Waals surface area contributed by atoms with Crippen LogP contribution in [-0.2, 0) is 0 Å². The number of aliphatic hydroxyl groups excluding tert-OH is 1. The lowest BCUT2D eigenvalue weighted by Crippen LogP contribution is -2.37. The monoisotopic (exact) mass is 273 g/mol. The van der Waals surface area contributed by atoms with E-state index in [1.807, 2.05) is 24.5 Å². The van der Waals surface area contributed by atoms with E-state index in [2.05, 4.69) is 29.4 Å². The van der Waals surface area contributed by atoms with Crippen molar-refractivity contribution in [2.45, 2.75) is 31.8 Å². The average Bonchev–Trinajstić information content (AvgIpc) is 2.51. The molecule has 0 saturated heterocycles. The van der Waals surface area contributed by atoms with Gasteiger partial charge in [0, 0.05) is 43.0 Å². The van der Waals surface area contributed by atoms with Crippen molar-refractivity contribution in [3.63, 3.8) is 0 Å². The molecule has 4 heteroatoms. The Kier molecular flexibility index (Phi) is 5.47. The molecule has 2 unspecified atom stereocenters. The van der Waals surface area contributed by atoms with Crippen molar-refractivity contribution in [2.75, 3.05) is 13.2 Å². The summed E-state index contributed by atoms with van der Waals surface area (Å²) in [6.45, 7) is 2.82. The van der Waals surface area contributed by atoms with E-state index in [1.54, 1.807) is 0 Å². The number of benzene rings is 1. The zero-order chi connectivity index (χ0) is 14.4. The molecule has 4 nitrogen and oxygen atoms in total. The van der Waals surface area contributed by atoms with Crippen LogP contribution in [0.1, 0.15) is 31.4 Å². The molecule has 4 N–H and O–H groups in total. The molecule has 1 heterocycles. The molecule has 20 heavy (non-hydrogen) atoms. The van der Waals surface area contributed by atoms with E-state index in [-0.39, 0.29) is 18.7 Å². The smallest absolute Gasteiger partial charge is 0.0468 e. The molecule has 2 rings (SSSR count). The molecule has 1 aromatic carbocycles. The summed E-state index contributed by atoms with van der Waals surface area (Å²) in [5.74, 6) is 0. The standard InChI is InChI=1S/C16H23N3O/c1-2-13(7-8-20)19-16(9-17)15-11-18-10-12-5-3-4-6-14(12)15/h3-6,10-11,13,16,19-20H,2,7-9,17H2,1H3.